The van der Waals surface area contributed by atoms with Crippen molar-refractivity contribution in [2.45, 2.75) is 6.54 Å². The SMILES string of the molecule is O=[N+]([O-])c1ccc(N/N=C/c2cn(Cc3ccc4ccccc4c3)c3ccccc23)nc1. The van der Waals surface area contributed by atoms with E-state index in [4.69, 9.17) is 0 Å². The molecule has 0 aliphatic heterocycles. The number of nitro groups is 1. The number of pyridine rings is 1. The standard InChI is InChI=1S/C25H19N5O2/c31-30(32)22-11-12-25(26-15-22)28-27-14-21-17-29(24-8-4-3-7-23(21)24)16-18-9-10-19-5-1-2-6-20(19)13-18/h1-15,17H,16H2,(H,26,28)/b27-14+. The highest BCUT2D eigenvalue weighted by molar-refractivity contribution is 5.99. The van der Waals surface area contributed by atoms with Crippen molar-refractivity contribution in [3.8, 4) is 0 Å². The molecule has 2 heterocycles. The van der Waals surface area contributed by atoms with E-state index < -0.39 is 4.92 Å². The van der Waals surface area contributed by atoms with Crippen molar-refractivity contribution in [1.29, 1.82) is 0 Å². The van der Waals surface area contributed by atoms with Crippen molar-refractivity contribution in [1.82, 2.24) is 9.55 Å². The summed E-state index contributed by atoms with van der Waals surface area (Å²) in [7, 11) is 0. The predicted octanol–water partition coefficient (Wildman–Crippen LogP) is 5.59. The van der Waals surface area contributed by atoms with Gasteiger partial charge in [0.05, 0.1) is 11.1 Å². The van der Waals surface area contributed by atoms with Gasteiger partial charge < -0.3 is 4.57 Å². The maximum absolute atomic E-state index is 10.7. The number of fused-ring (bicyclic) bond motifs is 2. The molecular formula is C25H19N5O2. The second-order valence-electron chi connectivity index (χ2n) is 7.44. The Balaban J connectivity index is 1.40. The van der Waals surface area contributed by atoms with E-state index in [1.807, 2.05) is 18.2 Å². The van der Waals surface area contributed by atoms with Gasteiger partial charge in [0, 0.05) is 35.3 Å². The maximum atomic E-state index is 10.7. The molecule has 0 fully saturated rings. The Morgan fingerprint density at radius 3 is 2.62 bits per heavy atom. The Labute approximate surface area is 183 Å². The lowest BCUT2D eigenvalue weighted by Crippen LogP contribution is -1.98. The topological polar surface area (TPSA) is 85.4 Å². The van der Waals surface area contributed by atoms with Crippen LogP contribution in [0.1, 0.15) is 11.1 Å². The summed E-state index contributed by atoms with van der Waals surface area (Å²) in [6.45, 7) is 0.747. The Morgan fingerprint density at radius 1 is 1.00 bits per heavy atom. The van der Waals surface area contributed by atoms with E-state index in [0.717, 1.165) is 23.0 Å². The molecule has 0 spiro atoms. The van der Waals surface area contributed by atoms with Crippen LogP contribution in [0.3, 0.4) is 0 Å². The van der Waals surface area contributed by atoms with Gasteiger partial charge in [-0.1, -0.05) is 54.6 Å². The van der Waals surface area contributed by atoms with Gasteiger partial charge in [-0.3, -0.25) is 15.5 Å². The molecule has 0 amide bonds. The van der Waals surface area contributed by atoms with Crippen LogP contribution in [0.2, 0.25) is 0 Å². The van der Waals surface area contributed by atoms with E-state index in [9.17, 15) is 10.1 Å². The monoisotopic (exact) mass is 421 g/mol. The third-order valence-electron chi connectivity index (χ3n) is 5.33. The molecule has 1 N–H and O–H groups in total. The average molecular weight is 421 g/mol. The molecule has 0 saturated heterocycles. The summed E-state index contributed by atoms with van der Waals surface area (Å²) in [5.74, 6) is 0.437. The molecular weight excluding hydrogens is 402 g/mol. The van der Waals surface area contributed by atoms with Crippen LogP contribution >= 0.6 is 0 Å². The summed E-state index contributed by atoms with van der Waals surface area (Å²) in [6, 6.07) is 26.0. The summed E-state index contributed by atoms with van der Waals surface area (Å²) >= 11 is 0. The van der Waals surface area contributed by atoms with Crippen molar-refractivity contribution < 1.29 is 4.92 Å². The fourth-order valence-corrected chi connectivity index (χ4v) is 3.77. The van der Waals surface area contributed by atoms with Crippen LogP contribution in [-0.2, 0) is 6.54 Å². The Bertz CT molecular complexity index is 1450. The average Bonchev–Trinajstić information content (AvgIpc) is 3.17. The van der Waals surface area contributed by atoms with E-state index in [2.05, 4.69) is 74.8 Å². The maximum Gasteiger partial charge on any atom is 0.287 e. The minimum atomic E-state index is -0.482. The zero-order valence-electron chi connectivity index (χ0n) is 17.1. The molecule has 0 unspecified atom stereocenters. The zero-order chi connectivity index (χ0) is 21.9. The second-order valence-corrected chi connectivity index (χ2v) is 7.44. The fraction of sp³-hybridized carbons (Fsp3) is 0.0400. The molecule has 0 radical (unpaired) electrons. The predicted molar refractivity (Wildman–Crippen MR) is 127 cm³/mol. The summed E-state index contributed by atoms with van der Waals surface area (Å²) in [5, 5.41) is 18.6. The number of para-hydroxylation sites is 1. The van der Waals surface area contributed by atoms with Gasteiger partial charge in [0.2, 0.25) is 0 Å². The molecule has 3 aromatic carbocycles. The van der Waals surface area contributed by atoms with E-state index in [1.165, 1.54) is 34.7 Å². The third kappa shape index (κ3) is 3.91. The van der Waals surface area contributed by atoms with Crippen molar-refractivity contribution in [2.24, 2.45) is 5.10 Å². The largest absolute Gasteiger partial charge is 0.342 e. The van der Waals surface area contributed by atoms with E-state index in [-0.39, 0.29) is 5.69 Å². The number of anilines is 1. The van der Waals surface area contributed by atoms with Crippen LogP contribution in [0.4, 0.5) is 11.5 Å². The van der Waals surface area contributed by atoms with E-state index in [1.54, 1.807) is 6.21 Å². The minimum absolute atomic E-state index is 0.0590. The zero-order valence-corrected chi connectivity index (χ0v) is 17.1. The van der Waals surface area contributed by atoms with Gasteiger partial charge in [0.1, 0.15) is 12.0 Å². The highest BCUT2D eigenvalue weighted by atomic mass is 16.6. The molecule has 7 nitrogen and oxygen atoms in total. The molecule has 0 atom stereocenters. The Hall–Kier alpha value is -4.52. The van der Waals surface area contributed by atoms with Gasteiger partial charge in [-0.25, -0.2) is 4.98 Å². The molecule has 156 valence electrons. The molecule has 5 aromatic rings. The Morgan fingerprint density at radius 2 is 1.81 bits per heavy atom. The number of aromatic nitrogens is 2. The molecule has 2 aromatic heterocycles. The van der Waals surface area contributed by atoms with Crippen LogP contribution in [0.15, 0.2) is 96.4 Å². The lowest BCUT2D eigenvalue weighted by molar-refractivity contribution is -0.385. The van der Waals surface area contributed by atoms with Gasteiger partial charge >= 0.3 is 0 Å². The van der Waals surface area contributed by atoms with E-state index >= 15 is 0 Å². The first-order valence-corrected chi connectivity index (χ1v) is 10.1. The van der Waals surface area contributed by atoms with Crippen molar-refractivity contribution >= 4 is 39.4 Å². The van der Waals surface area contributed by atoms with Crippen LogP contribution < -0.4 is 5.43 Å². The lowest BCUT2D eigenvalue weighted by atomic mass is 10.1. The molecule has 32 heavy (non-hydrogen) atoms. The quantitative estimate of drug-likeness (QED) is 0.220. The number of hydrogen-bond donors (Lipinski definition) is 1. The number of nitrogens with one attached hydrogen (secondary N) is 1. The van der Waals surface area contributed by atoms with Crippen LogP contribution in [0.25, 0.3) is 21.7 Å². The van der Waals surface area contributed by atoms with Crippen LogP contribution in [0.5, 0.6) is 0 Å². The highest BCUT2D eigenvalue weighted by Gasteiger charge is 2.08. The van der Waals surface area contributed by atoms with Crippen molar-refractivity contribution in [2.75, 3.05) is 5.43 Å². The first kappa shape index (κ1) is 19.4. The summed E-state index contributed by atoms with van der Waals surface area (Å²) < 4.78 is 2.21. The normalized spacial score (nSPS) is 11.4. The van der Waals surface area contributed by atoms with Gasteiger partial charge in [-0.05, 0) is 34.5 Å². The number of nitrogens with zero attached hydrogens (tertiary/aromatic N) is 4. The molecule has 0 aliphatic rings. The van der Waals surface area contributed by atoms with Crippen LogP contribution in [-0.4, -0.2) is 20.7 Å². The number of rotatable bonds is 6. The summed E-state index contributed by atoms with van der Waals surface area (Å²) in [4.78, 5) is 14.3. The third-order valence-corrected chi connectivity index (χ3v) is 5.33. The molecule has 5 rings (SSSR count). The van der Waals surface area contributed by atoms with Crippen LogP contribution in [0, 0.1) is 10.1 Å². The highest BCUT2D eigenvalue weighted by Crippen LogP contribution is 2.23. The smallest absolute Gasteiger partial charge is 0.287 e. The number of hydrazone groups is 1. The first-order valence-electron chi connectivity index (χ1n) is 10.1. The lowest BCUT2D eigenvalue weighted by Gasteiger charge is -2.07. The molecule has 7 heteroatoms. The van der Waals surface area contributed by atoms with Gasteiger partial charge in [0.15, 0.2) is 0 Å². The van der Waals surface area contributed by atoms with Crippen molar-refractivity contribution in [3.63, 3.8) is 0 Å². The van der Waals surface area contributed by atoms with Gasteiger partial charge in [-0.15, -0.1) is 0 Å². The Kier molecular flexibility index (Phi) is 5.05. The first-order chi connectivity index (χ1) is 15.7. The van der Waals surface area contributed by atoms with Crippen molar-refractivity contribution in [3.05, 3.63) is 112 Å². The fourth-order valence-electron chi connectivity index (χ4n) is 3.77. The summed E-state index contributed by atoms with van der Waals surface area (Å²) in [6.07, 6.45) is 5.02. The van der Waals surface area contributed by atoms with Gasteiger partial charge in [0.25, 0.3) is 5.69 Å². The molecule has 0 saturated carbocycles. The number of benzene rings is 3. The van der Waals surface area contributed by atoms with E-state index in [0.29, 0.717) is 5.82 Å². The molecule has 0 bridgehead atoms. The van der Waals surface area contributed by atoms with Gasteiger partial charge in [-0.2, -0.15) is 5.10 Å². The second kappa shape index (κ2) is 8.31. The molecule has 0 aliphatic carbocycles. The summed E-state index contributed by atoms with van der Waals surface area (Å²) in [5.41, 5.74) is 6.08. The minimum Gasteiger partial charge on any atom is -0.342 e. The number of hydrogen-bond acceptors (Lipinski definition) is 5.